The quantitative estimate of drug-likeness (QED) is 0.256. The Kier molecular flexibility index (Phi) is 6.22. The summed E-state index contributed by atoms with van der Waals surface area (Å²) in [5, 5.41) is 14.0. The predicted molar refractivity (Wildman–Crippen MR) is 160 cm³/mol. The Morgan fingerprint density at radius 1 is 0.950 bits per heavy atom. The van der Waals surface area contributed by atoms with Crippen molar-refractivity contribution in [2.75, 3.05) is 43.4 Å². The maximum Gasteiger partial charge on any atom is 0.210 e. The number of imidazole rings is 1. The molecule has 2 aliphatic rings. The number of nitrogens with zero attached hydrogens (tertiary/aromatic N) is 6. The third-order valence-electron chi connectivity index (χ3n) is 7.63. The van der Waals surface area contributed by atoms with Crippen LogP contribution in [0.4, 0.5) is 20.9 Å². The summed E-state index contributed by atoms with van der Waals surface area (Å²) in [5.41, 5.74) is 6.82. The molecular weight excluding hydrogens is 521 g/mol. The van der Waals surface area contributed by atoms with E-state index in [9.17, 15) is 4.39 Å². The number of hydrogen-bond acceptors (Lipinski definition) is 7. The van der Waals surface area contributed by atoms with E-state index in [4.69, 9.17) is 11.4 Å². The second kappa shape index (κ2) is 10.0. The van der Waals surface area contributed by atoms with Crippen molar-refractivity contribution in [1.29, 1.82) is 0 Å². The van der Waals surface area contributed by atoms with E-state index in [0.717, 1.165) is 89.0 Å². The highest BCUT2D eigenvalue weighted by molar-refractivity contribution is 7.18. The van der Waals surface area contributed by atoms with Gasteiger partial charge in [-0.2, -0.15) is 0 Å². The van der Waals surface area contributed by atoms with Crippen LogP contribution >= 0.6 is 11.3 Å². The van der Waals surface area contributed by atoms with Gasteiger partial charge in [0.1, 0.15) is 16.6 Å². The Hall–Kier alpha value is -4.26. The molecular formula is C31H28FN7S. The van der Waals surface area contributed by atoms with Crippen LogP contribution in [0.15, 0.2) is 60.7 Å². The molecule has 1 aliphatic heterocycles. The number of hydrogen-bond donors (Lipinski definition) is 1. The van der Waals surface area contributed by atoms with Gasteiger partial charge in [-0.3, -0.25) is 0 Å². The van der Waals surface area contributed by atoms with Crippen LogP contribution in [0.2, 0.25) is 0 Å². The monoisotopic (exact) mass is 549 g/mol. The first-order valence-corrected chi connectivity index (χ1v) is 14.3. The van der Waals surface area contributed by atoms with Crippen molar-refractivity contribution in [1.82, 2.24) is 24.6 Å². The average Bonchev–Trinajstić information content (AvgIpc) is 3.59. The van der Waals surface area contributed by atoms with E-state index in [0.29, 0.717) is 11.2 Å². The number of aromatic nitrogens is 4. The van der Waals surface area contributed by atoms with Gasteiger partial charge in [0.05, 0.1) is 22.4 Å². The maximum absolute atomic E-state index is 13.7. The summed E-state index contributed by atoms with van der Waals surface area (Å²) >= 11 is 1.50. The van der Waals surface area contributed by atoms with Crippen LogP contribution in [0.3, 0.4) is 0 Å². The van der Waals surface area contributed by atoms with Crippen LogP contribution in [0.25, 0.3) is 33.0 Å². The average molecular weight is 550 g/mol. The number of benzene rings is 3. The van der Waals surface area contributed by atoms with Crippen molar-refractivity contribution >= 4 is 38.9 Å². The molecule has 3 heterocycles. The SMILES string of the molecule is C#Cc1ccc(-c2nnc(Nc3cc4nc(-c5ccc(F)cc5)n(C5CC5)c4cc3N3CCN(C)CC3)s2)cc1. The molecule has 7 nitrogen and oxygen atoms in total. The number of piperazine rings is 1. The van der Waals surface area contributed by atoms with Crippen LogP contribution in [0.5, 0.6) is 0 Å². The number of fused-ring (bicyclic) bond motifs is 1. The minimum Gasteiger partial charge on any atom is -0.367 e. The van der Waals surface area contributed by atoms with Crippen LogP contribution < -0.4 is 10.2 Å². The molecule has 5 aromatic rings. The molecule has 2 aromatic heterocycles. The summed E-state index contributed by atoms with van der Waals surface area (Å²) in [6.07, 6.45) is 7.76. The summed E-state index contributed by atoms with van der Waals surface area (Å²) in [6, 6.07) is 19.2. The fourth-order valence-electron chi connectivity index (χ4n) is 5.26. The van der Waals surface area contributed by atoms with Gasteiger partial charge in [0.15, 0.2) is 0 Å². The molecule has 200 valence electrons. The van der Waals surface area contributed by atoms with E-state index >= 15 is 0 Å². The Labute approximate surface area is 236 Å². The lowest BCUT2D eigenvalue weighted by Gasteiger charge is -2.35. The standard InChI is InChI=1S/C31H28FN7S/c1-3-20-4-6-22(7-5-20)30-35-36-31(40-30)34-25-18-26-28(19-27(25)38-16-14-37(2)15-17-38)39(24-12-13-24)29(33-26)21-8-10-23(32)11-9-21/h1,4-11,18-19,24H,12-17H2,2H3,(H,34,36). The molecule has 1 aliphatic carbocycles. The van der Waals surface area contributed by atoms with Crippen molar-refractivity contribution in [3.63, 3.8) is 0 Å². The highest BCUT2D eigenvalue weighted by Gasteiger charge is 2.30. The largest absolute Gasteiger partial charge is 0.367 e. The Balaban J connectivity index is 1.30. The first-order valence-electron chi connectivity index (χ1n) is 13.5. The predicted octanol–water partition coefficient (Wildman–Crippen LogP) is 6.17. The number of halogens is 1. The zero-order valence-electron chi connectivity index (χ0n) is 22.1. The lowest BCUT2D eigenvalue weighted by atomic mass is 10.1. The topological polar surface area (TPSA) is 62.1 Å². The van der Waals surface area contributed by atoms with E-state index in [1.54, 1.807) is 0 Å². The fraction of sp³-hybridized carbons (Fsp3) is 0.258. The summed E-state index contributed by atoms with van der Waals surface area (Å²) in [4.78, 5) is 9.86. The minimum atomic E-state index is -0.245. The van der Waals surface area contributed by atoms with Gasteiger partial charge >= 0.3 is 0 Å². The number of rotatable bonds is 6. The third kappa shape index (κ3) is 4.70. The van der Waals surface area contributed by atoms with Crippen LogP contribution in [0, 0.1) is 18.2 Å². The van der Waals surface area contributed by atoms with E-state index in [-0.39, 0.29) is 5.82 Å². The van der Waals surface area contributed by atoms with Gasteiger partial charge < -0.3 is 19.7 Å². The summed E-state index contributed by atoms with van der Waals surface area (Å²) in [5.74, 6) is 3.29. The number of likely N-dealkylation sites (N-methyl/N-ethyl adjacent to an activating group) is 1. The van der Waals surface area contributed by atoms with Crippen molar-refractivity contribution in [3.05, 3.63) is 72.0 Å². The normalized spacial score (nSPS) is 15.9. The summed E-state index contributed by atoms with van der Waals surface area (Å²) in [7, 11) is 2.16. The molecule has 0 bridgehead atoms. The molecule has 9 heteroatoms. The molecule has 0 spiro atoms. The van der Waals surface area contributed by atoms with Crippen molar-refractivity contribution in [2.24, 2.45) is 0 Å². The van der Waals surface area contributed by atoms with E-state index in [2.05, 4.69) is 55.0 Å². The molecule has 0 amide bonds. The molecule has 0 radical (unpaired) electrons. The van der Waals surface area contributed by atoms with E-state index < -0.39 is 0 Å². The van der Waals surface area contributed by atoms with Crippen LogP contribution in [0.1, 0.15) is 24.4 Å². The fourth-order valence-corrected chi connectivity index (χ4v) is 6.02. The Morgan fingerprint density at radius 2 is 1.68 bits per heavy atom. The Morgan fingerprint density at radius 3 is 2.38 bits per heavy atom. The molecule has 1 saturated heterocycles. The maximum atomic E-state index is 13.7. The van der Waals surface area contributed by atoms with Gasteiger partial charge in [0, 0.05) is 48.9 Å². The number of nitrogens with one attached hydrogen (secondary N) is 1. The first-order chi connectivity index (χ1) is 19.6. The third-order valence-corrected chi connectivity index (χ3v) is 8.52. The van der Waals surface area contributed by atoms with Crippen molar-refractivity contribution < 1.29 is 4.39 Å². The second-order valence-corrected chi connectivity index (χ2v) is 11.4. The molecule has 0 unspecified atom stereocenters. The van der Waals surface area contributed by atoms with Crippen LogP contribution in [-0.4, -0.2) is 57.9 Å². The highest BCUT2D eigenvalue weighted by atomic mass is 32.1. The molecule has 0 atom stereocenters. The zero-order valence-corrected chi connectivity index (χ0v) is 23.0. The zero-order chi connectivity index (χ0) is 27.2. The first kappa shape index (κ1) is 24.8. The van der Waals surface area contributed by atoms with Gasteiger partial charge in [0.25, 0.3) is 0 Å². The Bertz CT molecular complexity index is 1720. The van der Waals surface area contributed by atoms with Gasteiger partial charge in [-0.15, -0.1) is 16.6 Å². The molecule has 40 heavy (non-hydrogen) atoms. The minimum absolute atomic E-state index is 0.245. The number of anilines is 3. The van der Waals surface area contributed by atoms with Gasteiger partial charge in [0.2, 0.25) is 5.13 Å². The molecule has 3 aromatic carbocycles. The van der Waals surface area contributed by atoms with Crippen molar-refractivity contribution in [3.8, 4) is 34.3 Å². The lowest BCUT2D eigenvalue weighted by molar-refractivity contribution is 0.313. The smallest absolute Gasteiger partial charge is 0.210 e. The molecule has 2 fully saturated rings. The molecule has 7 rings (SSSR count). The van der Waals surface area contributed by atoms with Gasteiger partial charge in [-0.05, 0) is 68.4 Å². The van der Waals surface area contributed by atoms with Crippen LogP contribution in [-0.2, 0) is 0 Å². The van der Waals surface area contributed by atoms with E-state index in [1.165, 1.54) is 23.5 Å². The van der Waals surface area contributed by atoms with E-state index in [1.807, 2.05) is 36.4 Å². The van der Waals surface area contributed by atoms with Gasteiger partial charge in [-0.1, -0.05) is 29.4 Å². The molecule has 1 saturated carbocycles. The molecule has 1 N–H and O–H groups in total. The van der Waals surface area contributed by atoms with Crippen molar-refractivity contribution in [2.45, 2.75) is 18.9 Å². The highest BCUT2D eigenvalue weighted by Crippen LogP contribution is 2.44. The second-order valence-electron chi connectivity index (χ2n) is 10.5. The summed E-state index contributed by atoms with van der Waals surface area (Å²) in [6.45, 7) is 3.86. The number of terminal acetylenes is 1. The van der Waals surface area contributed by atoms with Gasteiger partial charge in [-0.25, -0.2) is 9.37 Å². The lowest BCUT2D eigenvalue weighted by Crippen LogP contribution is -2.44. The summed E-state index contributed by atoms with van der Waals surface area (Å²) < 4.78 is 16.0.